The van der Waals surface area contributed by atoms with Gasteiger partial charge in [0.25, 0.3) is 0 Å². The number of piperidine rings is 1. The molecule has 1 aliphatic rings. The summed E-state index contributed by atoms with van der Waals surface area (Å²) in [6, 6.07) is 0. The van der Waals surface area contributed by atoms with E-state index in [0.717, 1.165) is 0 Å². The molecule has 1 unspecified atom stereocenters. The molecule has 0 bridgehead atoms. The van der Waals surface area contributed by atoms with Gasteiger partial charge in [0.05, 0.1) is 5.41 Å². The van der Waals surface area contributed by atoms with Gasteiger partial charge in [-0.1, -0.05) is 18.7 Å². The number of carboxylic acids is 1. The van der Waals surface area contributed by atoms with Gasteiger partial charge >= 0.3 is 12.1 Å². The van der Waals surface area contributed by atoms with Crippen LogP contribution in [0.1, 0.15) is 19.3 Å². The first kappa shape index (κ1) is 14.3. The van der Waals surface area contributed by atoms with E-state index in [1.54, 1.807) is 6.08 Å². The minimum Gasteiger partial charge on any atom is -0.481 e. The standard InChI is InChI=1S/C13H19NO4/c1-3-6-13(11(15)16)7-5-8-14(10-13)12(17)18-9-4-2/h3-4H,1-2,5-10H2,(H,15,16). The molecule has 1 aliphatic heterocycles. The van der Waals surface area contributed by atoms with Crippen molar-refractivity contribution >= 4 is 12.1 Å². The average molecular weight is 253 g/mol. The Bertz CT molecular complexity index is 353. The van der Waals surface area contributed by atoms with Crippen LogP contribution in [-0.4, -0.2) is 41.8 Å². The zero-order valence-electron chi connectivity index (χ0n) is 10.4. The first-order chi connectivity index (χ1) is 8.55. The van der Waals surface area contributed by atoms with Crippen molar-refractivity contribution in [2.24, 2.45) is 5.41 Å². The monoisotopic (exact) mass is 253 g/mol. The second-order valence-electron chi connectivity index (χ2n) is 4.47. The fraction of sp³-hybridized carbons (Fsp3) is 0.538. The third kappa shape index (κ3) is 3.12. The summed E-state index contributed by atoms with van der Waals surface area (Å²) >= 11 is 0. The summed E-state index contributed by atoms with van der Waals surface area (Å²) in [4.78, 5) is 24.6. The number of rotatable bonds is 5. The summed E-state index contributed by atoms with van der Waals surface area (Å²) in [5.74, 6) is -0.886. The number of carboxylic acid groups (broad SMARTS) is 1. The number of hydrogen-bond acceptors (Lipinski definition) is 3. The van der Waals surface area contributed by atoms with E-state index in [9.17, 15) is 14.7 Å². The number of aliphatic carboxylic acids is 1. The van der Waals surface area contributed by atoms with Crippen molar-refractivity contribution in [2.75, 3.05) is 19.7 Å². The van der Waals surface area contributed by atoms with E-state index < -0.39 is 17.5 Å². The largest absolute Gasteiger partial charge is 0.481 e. The van der Waals surface area contributed by atoms with E-state index in [2.05, 4.69) is 13.2 Å². The predicted molar refractivity (Wildman–Crippen MR) is 67.2 cm³/mol. The van der Waals surface area contributed by atoms with Crippen molar-refractivity contribution < 1.29 is 19.4 Å². The molecule has 1 rings (SSSR count). The highest BCUT2D eigenvalue weighted by Gasteiger charge is 2.42. The summed E-state index contributed by atoms with van der Waals surface area (Å²) < 4.78 is 4.93. The first-order valence-electron chi connectivity index (χ1n) is 5.92. The zero-order chi connectivity index (χ0) is 13.6. The molecule has 0 aromatic rings. The number of carbonyl (C=O) groups is 2. The van der Waals surface area contributed by atoms with Crippen LogP contribution in [0.25, 0.3) is 0 Å². The minimum absolute atomic E-state index is 0.136. The maximum absolute atomic E-state index is 11.7. The van der Waals surface area contributed by atoms with Gasteiger partial charge in [-0.15, -0.1) is 6.58 Å². The molecule has 0 aliphatic carbocycles. The molecule has 0 aromatic heterocycles. The summed E-state index contributed by atoms with van der Waals surface area (Å²) in [6.45, 7) is 7.89. The number of ether oxygens (including phenoxy) is 1. The van der Waals surface area contributed by atoms with Crippen molar-refractivity contribution in [3.63, 3.8) is 0 Å². The maximum Gasteiger partial charge on any atom is 0.410 e. The van der Waals surface area contributed by atoms with Crippen LogP contribution in [-0.2, 0) is 9.53 Å². The van der Waals surface area contributed by atoms with Crippen LogP contribution in [0.3, 0.4) is 0 Å². The Morgan fingerprint density at radius 2 is 2.11 bits per heavy atom. The van der Waals surface area contributed by atoms with E-state index in [1.807, 2.05) is 0 Å². The van der Waals surface area contributed by atoms with Crippen molar-refractivity contribution in [1.29, 1.82) is 0 Å². The van der Waals surface area contributed by atoms with Crippen LogP contribution in [0.5, 0.6) is 0 Å². The molecular weight excluding hydrogens is 234 g/mol. The van der Waals surface area contributed by atoms with Crippen molar-refractivity contribution in [1.82, 2.24) is 4.90 Å². The average Bonchev–Trinajstić information content (AvgIpc) is 2.36. The summed E-state index contributed by atoms with van der Waals surface area (Å²) in [5.41, 5.74) is -0.923. The molecule has 0 radical (unpaired) electrons. The van der Waals surface area contributed by atoms with Gasteiger partial charge in [0.2, 0.25) is 0 Å². The number of likely N-dealkylation sites (tertiary alicyclic amines) is 1. The van der Waals surface area contributed by atoms with E-state index in [1.165, 1.54) is 11.0 Å². The van der Waals surface area contributed by atoms with Crippen LogP contribution in [0.4, 0.5) is 4.79 Å². The molecule has 5 heteroatoms. The highest BCUT2D eigenvalue weighted by Crippen LogP contribution is 2.34. The van der Waals surface area contributed by atoms with Crippen LogP contribution < -0.4 is 0 Å². The minimum atomic E-state index is -0.923. The normalized spacial score (nSPS) is 23.2. The second-order valence-corrected chi connectivity index (χ2v) is 4.47. The summed E-state index contributed by atoms with van der Waals surface area (Å²) in [5, 5.41) is 9.35. The predicted octanol–water partition coefficient (Wildman–Crippen LogP) is 2.05. The van der Waals surface area contributed by atoms with Crippen LogP contribution in [0.2, 0.25) is 0 Å². The van der Waals surface area contributed by atoms with Gasteiger partial charge in [-0.3, -0.25) is 4.79 Å². The Morgan fingerprint density at radius 3 is 2.67 bits per heavy atom. The lowest BCUT2D eigenvalue weighted by atomic mass is 9.77. The van der Waals surface area contributed by atoms with E-state index in [4.69, 9.17) is 4.74 Å². The fourth-order valence-electron chi connectivity index (χ4n) is 2.21. The number of carbonyl (C=O) groups excluding carboxylic acids is 1. The second kappa shape index (κ2) is 6.23. The first-order valence-corrected chi connectivity index (χ1v) is 5.92. The molecule has 1 atom stereocenters. The fourth-order valence-corrected chi connectivity index (χ4v) is 2.21. The molecule has 0 saturated carbocycles. The van der Waals surface area contributed by atoms with Crippen LogP contribution in [0, 0.1) is 5.41 Å². The molecule has 1 N–H and O–H groups in total. The van der Waals surface area contributed by atoms with Crippen LogP contribution >= 0.6 is 0 Å². The lowest BCUT2D eigenvalue weighted by Gasteiger charge is -2.38. The molecule has 18 heavy (non-hydrogen) atoms. The maximum atomic E-state index is 11.7. The van der Waals surface area contributed by atoms with Crippen molar-refractivity contribution in [3.05, 3.63) is 25.3 Å². The van der Waals surface area contributed by atoms with Gasteiger partial charge in [-0.2, -0.15) is 0 Å². The van der Waals surface area contributed by atoms with Crippen LogP contribution in [0.15, 0.2) is 25.3 Å². The number of allylic oxidation sites excluding steroid dienone is 1. The Morgan fingerprint density at radius 1 is 1.39 bits per heavy atom. The van der Waals surface area contributed by atoms with Crippen molar-refractivity contribution in [3.8, 4) is 0 Å². The highest BCUT2D eigenvalue weighted by molar-refractivity contribution is 5.77. The lowest BCUT2D eigenvalue weighted by molar-refractivity contribution is -0.151. The molecular formula is C13H19NO4. The molecule has 0 spiro atoms. The summed E-state index contributed by atoms with van der Waals surface area (Å²) in [6.07, 6.45) is 4.16. The molecule has 1 fully saturated rings. The Hall–Kier alpha value is -1.78. The zero-order valence-corrected chi connectivity index (χ0v) is 10.4. The Balaban J connectivity index is 2.74. The lowest BCUT2D eigenvalue weighted by Crippen LogP contribution is -2.49. The smallest absolute Gasteiger partial charge is 0.410 e. The SMILES string of the molecule is C=CCOC(=O)N1CCCC(CC=C)(C(=O)O)C1. The molecule has 5 nitrogen and oxygen atoms in total. The quantitative estimate of drug-likeness (QED) is 0.761. The van der Waals surface area contributed by atoms with Gasteiger partial charge in [-0.25, -0.2) is 4.79 Å². The van der Waals surface area contributed by atoms with Gasteiger partial charge in [-0.05, 0) is 19.3 Å². The highest BCUT2D eigenvalue weighted by atomic mass is 16.6. The van der Waals surface area contributed by atoms with Gasteiger partial charge in [0, 0.05) is 13.1 Å². The number of amides is 1. The van der Waals surface area contributed by atoms with E-state index in [-0.39, 0.29) is 13.2 Å². The molecule has 1 amide bonds. The third-order valence-electron chi connectivity index (χ3n) is 3.15. The third-order valence-corrected chi connectivity index (χ3v) is 3.15. The van der Waals surface area contributed by atoms with Gasteiger partial charge < -0.3 is 14.7 Å². The number of hydrogen-bond donors (Lipinski definition) is 1. The van der Waals surface area contributed by atoms with Crippen molar-refractivity contribution in [2.45, 2.75) is 19.3 Å². The topological polar surface area (TPSA) is 66.8 Å². The molecule has 100 valence electrons. The molecule has 1 saturated heterocycles. The molecule has 1 heterocycles. The van der Waals surface area contributed by atoms with E-state index in [0.29, 0.717) is 25.8 Å². The Labute approximate surface area is 107 Å². The van der Waals surface area contributed by atoms with Gasteiger partial charge in [0.1, 0.15) is 6.61 Å². The summed E-state index contributed by atoms with van der Waals surface area (Å²) in [7, 11) is 0. The van der Waals surface area contributed by atoms with Gasteiger partial charge in [0.15, 0.2) is 0 Å². The molecule has 0 aromatic carbocycles. The number of nitrogens with zero attached hydrogens (tertiary/aromatic N) is 1. The Kier molecular flexibility index (Phi) is 4.95. The van der Waals surface area contributed by atoms with E-state index >= 15 is 0 Å².